The van der Waals surface area contributed by atoms with E-state index < -0.39 is 6.09 Å². The molecule has 0 unspecified atom stereocenters. The van der Waals surface area contributed by atoms with E-state index in [4.69, 9.17) is 15.2 Å². The molecule has 0 fully saturated rings. The summed E-state index contributed by atoms with van der Waals surface area (Å²) < 4.78 is 10.0. The molecule has 1 aromatic carbocycles. The minimum Gasteiger partial charge on any atom is -0.493 e. The molecule has 1 aromatic rings. The molecular weight excluding hydrogens is 170 g/mol. The van der Waals surface area contributed by atoms with E-state index in [9.17, 15) is 4.79 Å². The molecule has 0 spiro atoms. The number of carbonyl (C=O) groups is 1. The number of amides is 1. The molecular formula is C9H9NO3. The van der Waals surface area contributed by atoms with Crippen LogP contribution in [-0.4, -0.2) is 12.7 Å². The minimum absolute atomic E-state index is 0.469. The van der Waals surface area contributed by atoms with Gasteiger partial charge in [-0.1, -0.05) is 0 Å². The monoisotopic (exact) mass is 179 g/mol. The summed E-state index contributed by atoms with van der Waals surface area (Å²) >= 11 is 0. The maximum Gasteiger partial charge on any atom is 0.409 e. The molecule has 0 saturated carbocycles. The molecule has 13 heavy (non-hydrogen) atoms. The van der Waals surface area contributed by atoms with Crippen molar-refractivity contribution >= 4 is 6.09 Å². The van der Waals surface area contributed by atoms with Crippen LogP contribution < -0.4 is 15.2 Å². The first-order valence-electron chi connectivity index (χ1n) is 3.99. The van der Waals surface area contributed by atoms with Gasteiger partial charge in [0.15, 0.2) is 0 Å². The number of rotatable bonds is 1. The molecule has 0 radical (unpaired) electrons. The third kappa shape index (κ3) is 1.56. The number of carbonyl (C=O) groups excluding carboxylic acids is 1. The molecule has 1 aliphatic heterocycles. The van der Waals surface area contributed by atoms with Gasteiger partial charge < -0.3 is 15.2 Å². The third-order valence-corrected chi connectivity index (χ3v) is 1.88. The Bertz CT molecular complexity index is 349. The predicted molar refractivity (Wildman–Crippen MR) is 45.9 cm³/mol. The van der Waals surface area contributed by atoms with Crippen LogP contribution in [0.3, 0.4) is 0 Å². The SMILES string of the molecule is NC(=O)Oc1ccc2c(c1)CCO2. The van der Waals surface area contributed by atoms with Gasteiger partial charge >= 0.3 is 6.09 Å². The zero-order valence-electron chi connectivity index (χ0n) is 6.95. The van der Waals surface area contributed by atoms with Crippen LogP contribution in [0.15, 0.2) is 18.2 Å². The van der Waals surface area contributed by atoms with Crippen LogP contribution in [0.2, 0.25) is 0 Å². The molecule has 4 nitrogen and oxygen atoms in total. The number of hydrogen-bond acceptors (Lipinski definition) is 3. The summed E-state index contributed by atoms with van der Waals surface area (Å²) in [6.07, 6.45) is 0.0598. The van der Waals surface area contributed by atoms with E-state index in [1.54, 1.807) is 18.2 Å². The van der Waals surface area contributed by atoms with Gasteiger partial charge in [0.25, 0.3) is 0 Å². The number of ether oxygens (including phenoxy) is 2. The molecule has 0 atom stereocenters. The molecule has 0 saturated heterocycles. The third-order valence-electron chi connectivity index (χ3n) is 1.88. The van der Waals surface area contributed by atoms with E-state index in [0.29, 0.717) is 12.4 Å². The second-order valence-corrected chi connectivity index (χ2v) is 2.79. The Kier molecular flexibility index (Phi) is 1.81. The van der Waals surface area contributed by atoms with Crippen LogP contribution in [0.5, 0.6) is 11.5 Å². The maximum absolute atomic E-state index is 10.4. The lowest BCUT2D eigenvalue weighted by atomic mass is 10.2. The fraction of sp³-hybridized carbons (Fsp3) is 0.222. The Hall–Kier alpha value is -1.71. The summed E-state index contributed by atoms with van der Waals surface area (Å²) in [6.45, 7) is 0.690. The highest BCUT2D eigenvalue weighted by Crippen LogP contribution is 2.28. The van der Waals surface area contributed by atoms with Gasteiger partial charge in [0.2, 0.25) is 0 Å². The van der Waals surface area contributed by atoms with E-state index in [0.717, 1.165) is 17.7 Å². The van der Waals surface area contributed by atoms with Crippen molar-refractivity contribution in [2.45, 2.75) is 6.42 Å². The van der Waals surface area contributed by atoms with Crippen molar-refractivity contribution in [3.05, 3.63) is 23.8 Å². The highest BCUT2D eigenvalue weighted by atomic mass is 16.5. The Morgan fingerprint density at radius 1 is 1.54 bits per heavy atom. The van der Waals surface area contributed by atoms with Crippen molar-refractivity contribution in [2.75, 3.05) is 6.61 Å². The summed E-state index contributed by atoms with van der Waals surface area (Å²) in [6, 6.07) is 5.21. The fourth-order valence-electron chi connectivity index (χ4n) is 1.34. The Morgan fingerprint density at radius 2 is 2.38 bits per heavy atom. The second kappa shape index (κ2) is 2.97. The molecule has 68 valence electrons. The lowest BCUT2D eigenvalue weighted by molar-refractivity contribution is 0.211. The van der Waals surface area contributed by atoms with Crippen LogP contribution in [0.25, 0.3) is 0 Å². The zero-order valence-corrected chi connectivity index (χ0v) is 6.95. The molecule has 0 aromatic heterocycles. The van der Waals surface area contributed by atoms with E-state index in [2.05, 4.69) is 0 Å². The van der Waals surface area contributed by atoms with Gasteiger partial charge in [-0.2, -0.15) is 0 Å². The van der Waals surface area contributed by atoms with Crippen molar-refractivity contribution in [1.29, 1.82) is 0 Å². The van der Waals surface area contributed by atoms with Crippen molar-refractivity contribution in [1.82, 2.24) is 0 Å². The summed E-state index contributed by atoms with van der Waals surface area (Å²) in [4.78, 5) is 10.4. The van der Waals surface area contributed by atoms with Gasteiger partial charge in [-0.05, 0) is 18.2 Å². The topological polar surface area (TPSA) is 61.6 Å². The smallest absolute Gasteiger partial charge is 0.409 e. The van der Waals surface area contributed by atoms with Crippen molar-refractivity contribution in [3.63, 3.8) is 0 Å². The summed E-state index contributed by atoms with van der Waals surface area (Å²) in [5.41, 5.74) is 5.93. The number of benzene rings is 1. The van der Waals surface area contributed by atoms with Crippen molar-refractivity contribution in [3.8, 4) is 11.5 Å². The minimum atomic E-state index is -0.793. The average Bonchev–Trinajstić information content (AvgIpc) is 2.49. The molecule has 2 rings (SSSR count). The number of primary amides is 1. The fourth-order valence-corrected chi connectivity index (χ4v) is 1.34. The lowest BCUT2D eigenvalue weighted by Crippen LogP contribution is -2.16. The van der Waals surface area contributed by atoms with E-state index in [-0.39, 0.29) is 0 Å². The Morgan fingerprint density at radius 3 is 3.15 bits per heavy atom. The van der Waals surface area contributed by atoms with Crippen LogP contribution in [0.1, 0.15) is 5.56 Å². The van der Waals surface area contributed by atoms with Gasteiger partial charge in [0.05, 0.1) is 6.61 Å². The second-order valence-electron chi connectivity index (χ2n) is 2.79. The normalized spacial score (nSPS) is 13.2. The summed E-state index contributed by atoms with van der Waals surface area (Å²) in [5.74, 6) is 1.33. The van der Waals surface area contributed by atoms with Crippen LogP contribution in [0, 0.1) is 0 Å². The van der Waals surface area contributed by atoms with E-state index >= 15 is 0 Å². The first-order chi connectivity index (χ1) is 6.25. The molecule has 0 aliphatic carbocycles. The average molecular weight is 179 g/mol. The molecule has 1 heterocycles. The van der Waals surface area contributed by atoms with Gasteiger partial charge in [0.1, 0.15) is 11.5 Å². The molecule has 2 N–H and O–H groups in total. The molecule has 1 aliphatic rings. The maximum atomic E-state index is 10.4. The summed E-state index contributed by atoms with van der Waals surface area (Å²) in [7, 11) is 0. The van der Waals surface area contributed by atoms with Gasteiger partial charge in [-0.15, -0.1) is 0 Å². The van der Waals surface area contributed by atoms with E-state index in [1.807, 2.05) is 0 Å². The van der Waals surface area contributed by atoms with Gasteiger partial charge in [0, 0.05) is 12.0 Å². The molecule has 0 bridgehead atoms. The highest BCUT2D eigenvalue weighted by molar-refractivity contribution is 5.68. The van der Waals surface area contributed by atoms with Crippen molar-refractivity contribution in [2.24, 2.45) is 5.73 Å². The van der Waals surface area contributed by atoms with Crippen LogP contribution in [0.4, 0.5) is 4.79 Å². The van der Waals surface area contributed by atoms with Crippen LogP contribution in [-0.2, 0) is 6.42 Å². The quantitative estimate of drug-likeness (QED) is 0.701. The molecule has 1 amide bonds. The largest absolute Gasteiger partial charge is 0.493 e. The number of fused-ring (bicyclic) bond motifs is 1. The van der Waals surface area contributed by atoms with Gasteiger partial charge in [-0.3, -0.25) is 0 Å². The predicted octanol–water partition coefficient (Wildman–Crippen LogP) is 1.08. The van der Waals surface area contributed by atoms with Crippen molar-refractivity contribution < 1.29 is 14.3 Å². The van der Waals surface area contributed by atoms with Crippen LogP contribution >= 0.6 is 0 Å². The Balaban J connectivity index is 2.25. The summed E-state index contributed by atoms with van der Waals surface area (Å²) in [5, 5.41) is 0. The first kappa shape index (κ1) is 7.91. The molecule has 4 heteroatoms. The number of hydrogen-bond donors (Lipinski definition) is 1. The standard InChI is InChI=1S/C9H9NO3/c10-9(11)13-7-1-2-8-6(5-7)3-4-12-8/h1-2,5H,3-4H2,(H2,10,11). The highest BCUT2D eigenvalue weighted by Gasteiger charge is 2.12. The first-order valence-corrected chi connectivity index (χ1v) is 3.99. The lowest BCUT2D eigenvalue weighted by Gasteiger charge is -2.02. The van der Waals surface area contributed by atoms with Gasteiger partial charge in [-0.25, -0.2) is 4.79 Å². The Labute approximate surface area is 75.2 Å². The zero-order chi connectivity index (χ0) is 9.26. The van der Waals surface area contributed by atoms with E-state index in [1.165, 1.54) is 0 Å². The number of nitrogens with two attached hydrogens (primary N) is 1.